The van der Waals surface area contributed by atoms with Crippen LogP contribution in [0.4, 0.5) is 5.82 Å². The Morgan fingerprint density at radius 3 is 2.81 bits per heavy atom. The van der Waals surface area contributed by atoms with Crippen molar-refractivity contribution in [2.75, 3.05) is 44.6 Å². The van der Waals surface area contributed by atoms with Crippen LogP contribution in [-0.4, -0.2) is 71.5 Å². The highest BCUT2D eigenvalue weighted by atomic mass is 16.3. The molecule has 0 unspecified atom stereocenters. The number of fused-ring (bicyclic) bond motifs is 1. The zero-order valence-electron chi connectivity index (χ0n) is 16.3. The van der Waals surface area contributed by atoms with E-state index >= 15 is 0 Å². The lowest BCUT2D eigenvalue weighted by molar-refractivity contribution is -0.135. The van der Waals surface area contributed by atoms with Crippen LogP contribution < -0.4 is 5.32 Å². The van der Waals surface area contributed by atoms with Gasteiger partial charge in [-0.05, 0) is 57.2 Å². The Morgan fingerprint density at radius 1 is 1.26 bits per heavy atom. The molecule has 1 amide bonds. The van der Waals surface area contributed by atoms with E-state index in [4.69, 9.17) is 14.9 Å². The highest BCUT2D eigenvalue weighted by Gasteiger charge is 2.21. The van der Waals surface area contributed by atoms with Gasteiger partial charge in [-0.2, -0.15) is 0 Å². The number of aryl methyl sites for hydroxylation is 2. The first kappa shape index (κ1) is 21.2. The van der Waals surface area contributed by atoms with Crippen molar-refractivity contribution in [3.63, 3.8) is 0 Å². The summed E-state index contributed by atoms with van der Waals surface area (Å²) >= 11 is 0. The molecule has 0 radical (unpaired) electrons. The predicted octanol–water partition coefficient (Wildman–Crippen LogP) is 2.02. The number of carbonyl (C=O) groups excluding carboxylic acids is 1. The second kappa shape index (κ2) is 11.5. The largest absolute Gasteiger partial charge is 0.483 e. The van der Waals surface area contributed by atoms with Crippen molar-refractivity contribution in [2.24, 2.45) is 0 Å². The van der Waals surface area contributed by atoms with Gasteiger partial charge in [0.2, 0.25) is 5.91 Å². The first-order valence-corrected chi connectivity index (χ1v) is 9.98. The summed E-state index contributed by atoms with van der Waals surface area (Å²) in [5, 5.41) is 10.3. The number of carbonyl (C=O) groups is 2. The van der Waals surface area contributed by atoms with E-state index in [1.54, 1.807) is 0 Å². The molecule has 7 heteroatoms. The molecule has 2 aliphatic heterocycles. The smallest absolute Gasteiger partial charge is 0.290 e. The Labute approximate surface area is 161 Å². The van der Waals surface area contributed by atoms with E-state index in [2.05, 4.69) is 29.3 Å². The Kier molecular flexibility index (Phi) is 9.04. The number of amides is 1. The molecular formula is C20H32N4O3. The predicted molar refractivity (Wildman–Crippen MR) is 106 cm³/mol. The molecule has 0 spiro atoms. The average Bonchev–Trinajstić information content (AvgIpc) is 2.68. The fraction of sp³-hybridized carbons (Fsp3) is 0.650. The van der Waals surface area contributed by atoms with Crippen LogP contribution in [0.25, 0.3) is 0 Å². The van der Waals surface area contributed by atoms with Gasteiger partial charge in [0.1, 0.15) is 5.82 Å². The minimum atomic E-state index is -0.250. The monoisotopic (exact) mass is 376 g/mol. The minimum absolute atomic E-state index is 0.250. The quantitative estimate of drug-likeness (QED) is 0.559. The molecule has 27 heavy (non-hydrogen) atoms. The summed E-state index contributed by atoms with van der Waals surface area (Å²) in [6, 6.07) is 4.43. The fourth-order valence-electron chi connectivity index (χ4n) is 3.61. The lowest BCUT2D eigenvalue weighted by atomic mass is 10.1. The van der Waals surface area contributed by atoms with Gasteiger partial charge < -0.3 is 15.3 Å². The Balaban J connectivity index is 0.000000817. The molecule has 0 atom stereocenters. The Morgan fingerprint density at radius 2 is 2.07 bits per heavy atom. The highest BCUT2D eigenvalue weighted by Crippen LogP contribution is 2.20. The van der Waals surface area contributed by atoms with E-state index in [0.717, 1.165) is 51.4 Å². The third-order valence-corrected chi connectivity index (χ3v) is 5.14. The molecule has 2 aliphatic rings. The first-order valence-electron chi connectivity index (χ1n) is 9.98. The number of nitrogens with zero attached hydrogens (tertiary/aromatic N) is 3. The van der Waals surface area contributed by atoms with Crippen molar-refractivity contribution in [3.8, 4) is 0 Å². The van der Waals surface area contributed by atoms with Crippen molar-refractivity contribution in [1.29, 1.82) is 0 Å². The van der Waals surface area contributed by atoms with Gasteiger partial charge >= 0.3 is 0 Å². The van der Waals surface area contributed by atoms with Crippen molar-refractivity contribution in [3.05, 3.63) is 23.4 Å². The van der Waals surface area contributed by atoms with Gasteiger partial charge in [0, 0.05) is 31.9 Å². The van der Waals surface area contributed by atoms with Crippen molar-refractivity contribution >= 4 is 18.2 Å². The lowest BCUT2D eigenvalue weighted by Crippen LogP contribution is -2.50. The summed E-state index contributed by atoms with van der Waals surface area (Å²) < 4.78 is 0. The number of aromatic nitrogens is 1. The average molecular weight is 377 g/mol. The normalized spacial score (nSPS) is 16.8. The fourth-order valence-corrected chi connectivity index (χ4v) is 3.61. The van der Waals surface area contributed by atoms with E-state index in [1.165, 1.54) is 36.9 Å². The topological polar surface area (TPSA) is 85.8 Å². The third kappa shape index (κ3) is 6.82. The van der Waals surface area contributed by atoms with Gasteiger partial charge in [0.15, 0.2) is 0 Å². The zero-order valence-corrected chi connectivity index (χ0v) is 16.3. The van der Waals surface area contributed by atoms with Gasteiger partial charge in [0.25, 0.3) is 6.47 Å². The van der Waals surface area contributed by atoms with Crippen LogP contribution >= 0.6 is 0 Å². The van der Waals surface area contributed by atoms with E-state index in [9.17, 15) is 4.79 Å². The molecular weight excluding hydrogens is 344 g/mol. The van der Waals surface area contributed by atoms with Crippen LogP contribution in [0.2, 0.25) is 0 Å². The van der Waals surface area contributed by atoms with Crippen molar-refractivity contribution in [1.82, 2.24) is 14.8 Å². The minimum Gasteiger partial charge on any atom is -0.483 e. The van der Waals surface area contributed by atoms with Crippen LogP contribution in [0, 0.1) is 0 Å². The van der Waals surface area contributed by atoms with E-state index in [1.807, 2.05) is 4.90 Å². The van der Waals surface area contributed by atoms with Crippen LogP contribution in [0.5, 0.6) is 0 Å². The number of likely N-dealkylation sites (N-methyl/N-ethyl adjacent to an activating group) is 1. The summed E-state index contributed by atoms with van der Waals surface area (Å²) in [6.07, 6.45) is 6.96. The van der Waals surface area contributed by atoms with Gasteiger partial charge in [0.05, 0.1) is 6.54 Å². The summed E-state index contributed by atoms with van der Waals surface area (Å²) in [4.78, 5) is 29.3. The molecule has 1 aromatic heterocycles. The number of nitrogens with one attached hydrogen (secondary N) is 1. The molecule has 1 fully saturated rings. The van der Waals surface area contributed by atoms with Gasteiger partial charge in [-0.1, -0.05) is 12.5 Å². The number of pyridine rings is 1. The molecule has 150 valence electrons. The second-order valence-corrected chi connectivity index (χ2v) is 7.01. The third-order valence-electron chi connectivity index (χ3n) is 5.14. The van der Waals surface area contributed by atoms with Gasteiger partial charge in [-0.25, -0.2) is 4.98 Å². The molecule has 0 bridgehead atoms. The summed E-state index contributed by atoms with van der Waals surface area (Å²) in [7, 11) is 0. The molecule has 0 aromatic carbocycles. The second-order valence-electron chi connectivity index (χ2n) is 7.01. The summed E-state index contributed by atoms with van der Waals surface area (Å²) in [6.45, 7) is 7.26. The van der Waals surface area contributed by atoms with Gasteiger partial charge in [-0.15, -0.1) is 0 Å². The van der Waals surface area contributed by atoms with Gasteiger partial charge in [-0.3, -0.25) is 14.5 Å². The molecule has 0 aliphatic carbocycles. The van der Waals surface area contributed by atoms with E-state index in [0.29, 0.717) is 6.54 Å². The van der Waals surface area contributed by atoms with Crippen LogP contribution in [0.15, 0.2) is 12.1 Å². The zero-order chi connectivity index (χ0) is 19.5. The molecule has 3 heterocycles. The molecule has 7 nitrogen and oxygen atoms in total. The Bertz CT molecular complexity index is 609. The maximum Gasteiger partial charge on any atom is 0.290 e. The highest BCUT2D eigenvalue weighted by molar-refractivity contribution is 5.78. The molecule has 1 saturated heterocycles. The summed E-state index contributed by atoms with van der Waals surface area (Å²) in [5.74, 6) is 1.39. The molecule has 0 saturated carbocycles. The lowest BCUT2D eigenvalue weighted by Gasteiger charge is -2.33. The van der Waals surface area contributed by atoms with Crippen molar-refractivity contribution in [2.45, 2.75) is 45.4 Å². The maximum atomic E-state index is 11.9. The maximum absolute atomic E-state index is 11.9. The number of anilines is 1. The standard InChI is InChI=1S/C19H30N4O.CH2O2/c1-2-23-14-13-22(15-18(23)24)12-5-3-4-8-17-10-9-16-7-6-11-20-19(16)21-17;2-1-3/h9-10H,2-8,11-15H2,1H3,(H,20,21);1H,(H,2,3). The number of rotatable bonds is 7. The number of hydrogen-bond acceptors (Lipinski definition) is 5. The SMILES string of the molecule is CCN1CCN(CCCCCc2ccc3c(n2)NCCC3)CC1=O.O=CO. The number of hydrogen-bond donors (Lipinski definition) is 2. The van der Waals surface area contributed by atoms with Crippen LogP contribution in [-0.2, 0) is 22.4 Å². The van der Waals surface area contributed by atoms with Crippen LogP contribution in [0.3, 0.4) is 0 Å². The van der Waals surface area contributed by atoms with Crippen LogP contribution in [0.1, 0.15) is 43.9 Å². The number of piperazine rings is 1. The number of unbranched alkanes of at least 4 members (excludes halogenated alkanes) is 2. The Hall–Kier alpha value is -2.15. The van der Waals surface area contributed by atoms with Crippen molar-refractivity contribution < 1.29 is 14.7 Å². The number of carboxylic acid groups (broad SMARTS) is 1. The van der Waals surface area contributed by atoms with E-state index < -0.39 is 0 Å². The summed E-state index contributed by atoms with van der Waals surface area (Å²) in [5.41, 5.74) is 2.57. The first-order chi connectivity index (χ1) is 13.2. The molecule has 1 aromatic rings. The molecule has 2 N–H and O–H groups in total. The molecule has 3 rings (SSSR count). The van der Waals surface area contributed by atoms with E-state index in [-0.39, 0.29) is 12.4 Å².